The molecule has 11 heteroatoms. The molecule has 1 amide bonds. The lowest BCUT2D eigenvalue weighted by Crippen LogP contribution is -2.35. The van der Waals surface area contributed by atoms with Crippen LogP contribution in [-0.2, 0) is 11.3 Å². The number of hydrogen-bond donors (Lipinski definition) is 0. The number of nitrogens with zero attached hydrogens (tertiary/aromatic N) is 2. The summed E-state index contributed by atoms with van der Waals surface area (Å²) < 4.78 is 58.0. The van der Waals surface area contributed by atoms with Gasteiger partial charge in [0.2, 0.25) is 5.76 Å². The number of benzene rings is 1. The Balaban J connectivity index is 1.67. The van der Waals surface area contributed by atoms with Crippen LogP contribution in [0.25, 0.3) is 0 Å². The van der Waals surface area contributed by atoms with Crippen molar-refractivity contribution in [3.63, 3.8) is 0 Å². The zero-order chi connectivity index (χ0) is 24.0. The molecule has 0 N–H and O–H groups in total. The van der Waals surface area contributed by atoms with E-state index in [0.717, 1.165) is 0 Å². The lowest BCUT2D eigenvalue weighted by molar-refractivity contribution is -0.153. The Bertz CT molecular complexity index is 975. The lowest BCUT2D eigenvalue weighted by Gasteiger charge is -2.23. The summed E-state index contributed by atoms with van der Waals surface area (Å²) in [6.45, 7) is 0.925. The van der Waals surface area contributed by atoms with Gasteiger partial charge in [-0.15, -0.1) is 0 Å². The summed E-state index contributed by atoms with van der Waals surface area (Å²) in [6.07, 6.45) is -3.87. The van der Waals surface area contributed by atoms with Crippen LogP contribution in [-0.4, -0.2) is 74.9 Å². The third kappa shape index (κ3) is 6.64. The number of hydrogen-bond acceptors (Lipinski definition) is 7. The number of rotatable bonds is 7. The quantitative estimate of drug-likeness (QED) is 0.574. The van der Waals surface area contributed by atoms with Gasteiger partial charge in [0.15, 0.2) is 6.61 Å². The molecule has 0 atom stereocenters. The third-order valence-corrected chi connectivity index (χ3v) is 5.11. The predicted octanol–water partition coefficient (Wildman–Crippen LogP) is 3.36. The topological polar surface area (TPSA) is 81.5 Å². The molecule has 1 aromatic heterocycles. The zero-order valence-electron chi connectivity index (χ0n) is 18.3. The summed E-state index contributed by atoms with van der Waals surface area (Å²) in [7, 11) is 2.68. The molecule has 0 spiro atoms. The Hall–Kier alpha value is -3.21. The average Bonchev–Trinajstić information content (AvgIpc) is 3.13. The zero-order valence-corrected chi connectivity index (χ0v) is 18.3. The van der Waals surface area contributed by atoms with Crippen molar-refractivity contribution in [2.75, 3.05) is 47.0 Å². The number of halogens is 3. The predicted molar refractivity (Wildman–Crippen MR) is 110 cm³/mol. The maximum atomic E-state index is 13.2. The van der Waals surface area contributed by atoms with Crippen molar-refractivity contribution in [1.82, 2.24) is 9.80 Å². The van der Waals surface area contributed by atoms with Crippen LogP contribution in [0.1, 0.15) is 33.1 Å². The lowest BCUT2D eigenvalue weighted by atomic mass is 10.1. The molecule has 3 rings (SSSR count). The Morgan fingerprint density at radius 2 is 1.85 bits per heavy atom. The summed E-state index contributed by atoms with van der Waals surface area (Å²) in [4.78, 5) is 28.4. The van der Waals surface area contributed by atoms with Crippen LogP contribution in [0.5, 0.6) is 11.5 Å². The number of carbonyl (C=O) groups excluding carboxylic acids is 2. The van der Waals surface area contributed by atoms with Gasteiger partial charge >= 0.3 is 12.1 Å². The van der Waals surface area contributed by atoms with E-state index in [0.29, 0.717) is 50.7 Å². The van der Waals surface area contributed by atoms with E-state index in [1.807, 2.05) is 0 Å². The van der Waals surface area contributed by atoms with Gasteiger partial charge in [-0.2, -0.15) is 13.2 Å². The Morgan fingerprint density at radius 1 is 1.06 bits per heavy atom. The van der Waals surface area contributed by atoms with Crippen LogP contribution < -0.4 is 9.47 Å². The molecule has 2 aromatic rings. The van der Waals surface area contributed by atoms with Crippen molar-refractivity contribution in [2.24, 2.45) is 0 Å². The number of furan rings is 1. The maximum absolute atomic E-state index is 13.2. The van der Waals surface area contributed by atoms with E-state index in [-0.39, 0.29) is 17.1 Å². The maximum Gasteiger partial charge on any atom is 0.422 e. The standard InChI is InChI=1S/C22H25F3N2O6/c1-30-15-4-6-18(32-14-22(23,24)25)17(12-15)20(28)27-9-3-8-26(10-11-27)13-16-5-7-19(33-16)21(29)31-2/h4-7,12H,3,8-11,13-14H2,1-2H3. The number of esters is 1. The summed E-state index contributed by atoms with van der Waals surface area (Å²) >= 11 is 0. The highest BCUT2D eigenvalue weighted by Gasteiger charge is 2.30. The van der Waals surface area contributed by atoms with Crippen molar-refractivity contribution in [3.8, 4) is 11.5 Å². The second-order valence-electron chi connectivity index (χ2n) is 7.45. The molecular weight excluding hydrogens is 445 g/mol. The first-order chi connectivity index (χ1) is 15.7. The molecule has 1 aliphatic heterocycles. The molecule has 0 bridgehead atoms. The van der Waals surface area contributed by atoms with Crippen LogP contribution in [0.3, 0.4) is 0 Å². The number of carbonyl (C=O) groups is 2. The number of alkyl halides is 3. The van der Waals surface area contributed by atoms with Crippen molar-refractivity contribution < 1.29 is 41.4 Å². The second-order valence-corrected chi connectivity index (χ2v) is 7.45. The Kier molecular flexibility index (Phi) is 7.85. The number of amides is 1. The fourth-order valence-electron chi connectivity index (χ4n) is 3.48. The molecule has 0 aliphatic carbocycles. The highest BCUT2D eigenvalue weighted by atomic mass is 19.4. The smallest absolute Gasteiger partial charge is 0.422 e. The van der Waals surface area contributed by atoms with Gasteiger partial charge in [0.25, 0.3) is 5.91 Å². The first-order valence-corrected chi connectivity index (χ1v) is 10.3. The average molecular weight is 470 g/mol. The highest BCUT2D eigenvalue weighted by Crippen LogP contribution is 2.28. The van der Waals surface area contributed by atoms with E-state index in [2.05, 4.69) is 9.64 Å². The first kappa shape index (κ1) is 24.4. The highest BCUT2D eigenvalue weighted by molar-refractivity contribution is 5.97. The van der Waals surface area contributed by atoms with Gasteiger partial charge < -0.3 is 23.5 Å². The van der Waals surface area contributed by atoms with E-state index in [4.69, 9.17) is 13.9 Å². The molecule has 1 aliphatic rings. The minimum Gasteiger partial charge on any atom is -0.497 e. The van der Waals surface area contributed by atoms with Crippen LogP contribution in [0.2, 0.25) is 0 Å². The molecule has 0 radical (unpaired) electrons. The van der Waals surface area contributed by atoms with E-state index in [9.17, 15) is 22.8 Å². The van der Waals surface area contributed by atoms with Gasteiger partial charge in [-0.3, -0.25) is 9.69 Å². The van der Waals surface area contributed by atoms with Gasteiger partial charge in [-0.05, 0) is 36.8 Å². The molecule has 1 fully saturated rings. The third-order valence-electron chi connectivity index (χ3n) is 5.11. The van der Waals surface area contributed by atoms with E-state index >= 15 is 0 Å². The van der Waals surface area contributed by atoms with Crippen LogP contribution in [0, 0.1) is 0 Å². The Morgan fingerprint density at radius 3 is 2.55 bits per heavy atom. The molecule has 180 valence electrons. The summed E-state index contributed by atoms with van der Waals surface area (Å²) in [6, 6.07) is 7.37. The van der Waals surface area contributed by atoms with Crippen LogP contribution >= 0.6 is 0 Å². The number of ether oxygens (including phenoxy) is 3. The van der Waals surface area contributed by atoms with Crippen molar-refractivity contribution in [2.45, 2.75) is 19.1 Å². The molecule has 33 heavy (non-hydrogen) atoms. The fourth-order valence-corrected chi connectivity index (χ4v) is 3.48. The monoisotopic (exact) mass is 470 g/mol. The van der Waals surface area contributed by atoms with Gasteiger partial charge in [-0.1, -0.05) is 0 Å². The largest absolute Gasteiger partial charge is 0.497 e. The van der Waals surface area contributed by atoms with Gasteiger partial charge in [0, 0.05) is 26.2 Å². The van der Waals surface area contributed by atoms with Crippen LogP contribution in [0.15, 0.2) is 34.7 Å². The molecule has 2 heterocycles. The summed E-state index contributed by atoms with van der Waals surface area (Å²) in [5, 5.41) is 0. The molecule has 8 nitrogen and oxygen atoms in total. The first-order valence-electron chi connectivity index (χ1n) is 10.3. The van der Waals surface area contributed by atoms with Gasteiger partial charge in [0.1, 0.15) is 17.3 Å². The van der Waals surface area contributed by atoms with Gasteiger partial charge in [-0.25, -0.2) is 4.79 Å². The minimum atomic E-state index is -4.52. The number of methoxy groups -OCH3 is 2. The summed E-state index contributed by atoms with van der Waals surface area (Å²) in [5.74, 6) is -0.0949. The normalized spacial score (nSPS) is 15.1. The SMILES string of the molecule is COC(=O)c1ccc(CN2CCCN(C(=O)c3cc(OC)ccc3OCC(F)(F)F)CC2)o1. The molecule has 0 saturated carbocycles. The van der Waals surface area contributed by atoms with E-state index in [1.165, 1.54) is 32.4 Å². The van der Waals surface area contributed by atoms with E-state index < -0.39 is 24.7 Å². The van der Waals surface area contributed by atoms with Crippen molar-refractivity contribution in [3.05, 3.63) is 47.4 Å². The van der Waals surface area contributed by atoms with Gasteiger partial charge in [0.05, 0.1) is 26.3 Å². The fraction of sp³-hybridized carbons (Fsp3) is 0.455. The second kappa shape index (κ2) is 10.6. The Labute approximate surface area is 188 Å². The van der Waals surface area contributed by atoms with Crippen LogP contribution in [0.4, 0.5) is 13.2 Å². The molecule has 0 unspecified atom stereocenters. The van der Waals surface area contributed by atoms with E-state index in [1.54, 1.807) is 17.0 Å². The molecule has 1 aromatic carbocycles. The van der Waals surface area contributed by atoms with Crippen molar-refractivity contribution in [1.29, 1.82) is 0 Å². The summed E-state index contributed by atoms with van der Waals surface area (Å²) in [5.41, 5.74) is 0.0146. The molecular formula is C22H25F3N2O6. The minimum absolute atomic E-state index is 0.0146. The van der Waals surface area contributed by atoms with Crippen molar-refractivity contribution >= 4 is 11.9 Å². The molecule has 1 saturated heterocycles.